The molecule has 0 bridgehead atoms. The molecule has 1 atom stereocenters. The fourth-order valence-corrected chi connectivity index (χ4v) is 2.99. The molecule has 1 aromatic rings. The van der Waals surface area contributed by atoms with Gasteiger partial charge in [0.25, 0.3) is 0 Å². The third-order valence-electron chi connectivity index (χ3n) is 4.43. The largest absolute Gasteiger partial charge is 0.314 e. The summed E-state index contributed by atoms with van der Waals surface area (Å²) in [5.74, 6) is 0. The van der Waals surface area contributed by atoms with E-state index in [4.69, 9.17) is 0 Å². The first-order valence-corrected chi connectivity index (χ1v) is 8.05. The molecule has 0 saturated carbocycles. The lowest BCUT2D eigenvalue weighted by atomic mass is 9.86. The zero-order valence-electron chi connectivity index (χ0n) is 13.6. The maximum Gasteiger partial charge on any atom is 0.0134 e. The SMILES string of the molecule is CCC(Cc1ccc(C(C)(C)C)cc1)N1CCNCC1. The van der Waals surface area contributed by atoms with E-state index in [0.717, 1.165) is 13.1 Å². The highest BCUT2D eigenvalue weighted by molar-refractivity contribution is 5.28. The van der Waals surface area contributed by atoms with Gasteiger partial charge in [-0.15, -0.1) is 0 Å². The second-order valence-corrected chi connectivity index (χ2v) is 7.00. The van der Waals surface area contributed by atoms with Crippen molar-refractivity contribution in [1.29, 1.82) is 0 Å². The molecule has 1 aliphatic rings. The van der Waals surface area contributed by atoms with Crippen LogP contribution in [0.15, 0.2) is 24.3 Å². The normalized spacial score (nSPS) is 19.0. The fraction of sp³-hybridized carbons (Fsp3) is 0.667. The summed E-state index contributed by atoms with van der Waals surface area (Å²) >= 11 is 0. The summed E-state index contributed by atoms with van der Waals surface area (Å²) in [5.41, 5.74) is 3.15. The first kappa shape index (κ1) is 15.5. The summed E-state index contributed by atoms with van der Waals surface area (Å²) in [5, 5.41) is 3.44. The zero-order chi connectivity index (χ0) is 14.6. The highest BCUT2D eigenvalue weighted by Crippen LogP contribution is 2.23. The molecule has 1 N–H and O–H groups in total. The van der Waals surface area contributed by atoms with Crippen LogP contribution in [0.25, 0.3) is 0 Å². The Morgan fingerprint density at radius 2 is 1.70 bits per heavy atom. The van der Waals surface area contributed by atoms with Gasteiger partial charge in [0, 0.05) is 32.2 Å². The van der Waals surface area contributed by atoms with Crippen molar-refractivity contribution in [3.8, 4) is 0 Å². The van der Waals surface area contributed by atoms with Gasteiger partial charge in [0.2, 0.25) is 0 Å². The molecular formula is C18H30N2. The van der Waals surface area contributed by atoms with E-state index in [1.54, 1.807) is 0 Å². The van der Waals surface area contributed by atoms with Gasteiger partial charge in [-0.1, -0.05) is 52.0 Å². The van der Waals surface area contributed by atoms with Gasteiger partial charge in [-0.2, -0.15) is 0 Å². The third kappa shape index (κ3) is 4.07. The van der Waals surface area contributed by atoms with E-state index in [2.05, 4.69) is 62.2 Å². The number of hydrogen-bond donors (Lipinski definition) is 1. The van der Waals surface area contributed by atoms with Crippen LogP contribution in [0.5, 0.6) is 0 Å². The van der Waals surface area contributed by atoms with Crippen LogP contribution in [0, 0.1) is 0 Å². The Morgan fingerprint density at radius 1 is 1.10 bits per heavy atom. The van der Waals surface area contributed by atoms with E-state index in [-0.39, 0.29) is 5.41 Å². The van der Waals surface area contributed by atoms with Crippen molar-refractivity contribution >= 4 is 0 Å². The standard InChI is InChI=1S/C18H30N2/c1-5-17(20-12-10-19-11-13-20)14-15-6-8-16(9-7-15)18(2,3)4/h6-9,17,19H,5,10-14H2,1-4H3. The van der Waals surface area contributed by atoms with E-state index >= 15 is 0 Å². The van der Waals surface area contributed by atoms with E-state index in [1.807, 2.05) is 0 Å². The molecule has 1 aromatic carbocycles. The summed E-state index contributed by atoms with van der Waals surface area (Å²) in [7, 11) is 0. The molecule has 1 fully saturated rings. The van der Waals surface area contributed by atoms with E-state index in [0.29, 0.717) is 6.04 Å². The fourth-order valence-electron chi connectivity index (χ4n) is 2.99. The molecule has 0 radical (unpaired) electrons. The molecule has 112 valence electrons. The third-order valence-corrected chi connectivity index (χ3v) is 4.43. The molecule has 1 aliphatic heterocycles. The van der Waals surface area contributed by atoms with Gasteiger partial charge >= 0.3 is 0 Å². The number of nitrogens with one attached hydrogen (secondary N) is 1. The van der Waals surface area contributed by atoms with Crippen LogP contribution in [0.4, 0.5) is 0 Å². The quantitative estimate of drug-likeness (QED) is 0.907. The summed E-state index contributed by atoms with van der Waals surface area (Å²) in [6, 6.07) is 9.95. The van der Waals surface area contributed by atoms with E-state index in [9.17, 15) is 0 Å². The summed E-state index contributed by atoms with van der Waals surface area (Å²) in [6.07, 6.45) is 2.42. The van der Waals surface area contributed by atoms with Crippen molar-refractivity contribution in [2.24, 2.45) is 0 Å². The molecule has 1 unspecified atom stereocenters. The number of nitrogens with zero attached hydrogens (tertiary/aromatic N) is 1. The first-order valence-electron chi connectivity index (χ1n) is 8.05. The average Bonchev–Trinajstić information content (AvgIpc) is 2.45. The maximum atomic E-state index is 3.44. The van der Waals surface area contributed by atoms with Gasteiger partial charge in [-0.05, 0) is 29.4 Å². The maximum absolute atomic E-state index is 3.44. The summed E-state index contributed by atoms with van der Waals surface area (Å²) in [4.78, 5) is 2.65. The summed E-state index contributed by atoms with van der Waals surface area (Å²) in [6.45, 7) is 13.8. The van der Waals surface area contributed by atoms with Crippen molar-refractivity contribution in [2.75, 3.05) is 26.2 Å². The predicted octanol–water partition coefficient (Wildman–Crippen LogP) is 3.21. The highest BCUT2D eigenvalue weighted by atomic mass is 15.2. The van der Waals surface area contributed by atoms with Crippen LogP contribution < -0.4 is 5.32 Å². The molecular weight excluding hydrogens is 244 g/mol. The van der Waals surface area contributed by atoms with Crippen LogP contribution in [-0.4, -0.2) is 37.1 Å². The average molecular weight is 274 g/mol. The molecule has 0 aromatic heterocycles. The van der Waals surface area contributed by atoms with Crippen molar-refractivity contribution in [2.45, 2.75) is 52.0 Å². The van der Waals surface area contributed by atoms with Gasteiger partial charge in [0.15, 0.2) is 0 Å². The smallest absolute Gasteiger partial charge is 0.0134 e. The minimum Gasteiger partial charge on any atom is -0.314 e. The Morgan fingerprint density at radius 3 is 2.20 bits per heavy atom. The van der Waals surface area contributed by atoms with Gasteiger partial charge in [-0.3, -0.25) is 4.90 Å². The predicted molar refractivity (Wildman–Crippen MR) is 87.4 cm³/mol. The van der Waals surface area contributed by atoms with Crippen LogP contribution in [0.2, 0.25) is 0 Å². The topological polar surface area (TPSA) is 15.3 Å². The monoisotopic (exact) mass is 274 g/mol. The van der Waals surface area contributed by atoms with Gasteiger partial charge in [0.1, 0.15) is 0 Å². The van der Waals surface area contributed by atoms with Crippen LogP contribution in [0.3, 0.4) is 0 Å². The van der Waals surface area contributed by atoms with E-state index in [1.165, 1.54) is 37.1 Å². The number of hydrogen-bond acceptors (Lipinski definition) is 2. The Labute approximate surface area is 124 Å². The lowest BCUT2D eigenvalue weighted by molar-refractivity contribution is 0.167. The Kier molecular flexibility index (Phi) is 5.22. The zero-order valence-corrected chi connectivity index (χ0v) is 13.6. The highest BCUT2D eigenvalue weighted by Gasteiger charge is 2.19. The van der Waals surface area contributed by atoms with Crippen LogP contribution in [0.1, 0.15) is 45.2 Å². The minimum absolute atomic E-state index is 0.251. The first-order chi connectivity index (χ1) is 9.50. The molecule has 2 nitrogen and oxygen atoms in total. The van der Waals surface area contributed by atoms with Gasteiger partial charge < -0.3 is 5.32 Å². The lowest BCUT2D eigenvalue weighted by Crippen LogP contribution is -2.48. The molecule has 2 rings (SSSR count). The Hall–Kier alpha value is -0.860. The van der Waals surface area contributed by atoms with Crippen molar-refractivity contribution in [1.82, 2.24) is 10.2 Å². The number of piperazine rings is 1. The second kappa shape index (κ2) is 6.73. The van der Waals surface area contributed by atoms with Crippen molar-refractivity contribution in [3.63, 3.8) is 0 Å². The Bertz CT molecular complexity index is 396. The molecule has 20 heavy (non-hydrogen) atoms. The second-order valence-electron chi connectivity index (χ2n) is 7.00. The molecule has 1 heterocycles. The molecule has 0 spiro atoms. The molecule has 0 amide bonds. The van der Waals surface area contributed by atoms with Gasteiger partial charge in [-0.25, -0.2) is 0 Å². The van der Waals surface area contributed by atoms with Crippen LogP contribution in [-0.2, 0) is 11.8 Å². The summed E-state index contributed by atoms with van der Waals surface area (Å²) < 4.78 is 0. The molecule has 1 saturated heterocycles. The van der Waals surface area contributed by atoms with Crippen molar-refractivity contribution < 1.29 is 0 Å². The number of benzene rings is 1. The Balaban J connectivity index is 2.00. The molecule has 0 aliphatic carbocycles. The number of rotatable bonds is 4. The van der Waals surface area contributed by atoms with Crippen LogP contribution >= 0.6 is 0 Å². The van der Waals surface area contributed by atoms with Gasteiger partial charge in [0.05, 0.1) is 0 Å². The minimum atomic E-state index is 0.251. The lowest BCUT2D eigenvalue weighted by Gasteiger charge is -2.34. The van der Waals surface area contributed by atoms with E-state index < -0.39 is 0 Å². The van der Waals surface area contributed by atoms with Crippen molar-refractivity contribution in [3.05, 3.63) is 35.4 Å². The molecule has 2 heteroatoms.